The van der Waals surface area contributed by atoms with Gasteiger partial charge in [-0.1, -0.05) is 43.6 Å². The molecule has 1 aliphatic heterocycles. The summed E-state index contributed by atoms with van der Waals surface area (Å²) in [5, 5.41) is 0.0465. The van der Waals surface area contributed by atoms with Gasteiger partial charge in [0.25, 0.3) is 0 Å². The second-order valence-corrected chi connectivity index (χ2v) is 10.7. The fourth-order valence-corrected chi connectivity index (χ4v) is 4.60. The molecule has 0 radical (unpaired) electrons. The number of ether oxygens (including phenoxy) is 1. The number of amides is 1. The fraction of sp³-hybridized carbons (Fsp3) is 0.462. The molecule has 2 aromatic heterocycles. The molecule has 0 saturated carbocycles. The lowest BCUT2D eigenvalue weighted by Gasteiger charge is -2.41. The Morgan fingerprint density at radius 3 is 2.53 bits per heavy atom. The smallest absolute Gasteiger partial charge is 0.410 e. The van der Waals surface area contributed by atoms with Crippen molar-refractivity contribution >= 4 is 34.5 Å². The van der Waals surface area contributed by atoms with Crippen LogP contribution in [0.2, 0.25) is 5.15 Å². The number of halogens is 2. The molecule has 1 amide bonds. The highest BCUT2D eigenvalue weighted by Crippen LogP contribution is 2.31. The molecule has 1 saturated heterocycles. The number of rotatable bonds is 3. The van der Waals surface area contributed by atoms with Crippen LogP contribution < -0.4 is 10.6 Å². The number of hydrogen-bond donors (Lipinski definition) is 0. The highest BCUT2D eigenvalue weighted by atomic mass is 35.5. The highest BCUT2D eigenvalue weighted by molar-refractivity contribution is 6.30. The molecular formula is C26H31ClFN5O3. The van der Waals surface area contributed by atoms with E-state index in [-0.39, 0.29) is 22.8 Å². The fourth-order valence-electron chi connectivity index (χ4n) is 4.46. The third-order valence-corrected chi connectivity index (χ3v) is 6.37. The molecule has 3 heterocycles. The number of carbonyl (C=O) groups excluding carboxylic acids is 1. The van der Waals surface area contributed by atoms with Crippen molar-refractivity contribution in [3.8, 4) is 5.69 Å². The summed E-state index contributed by atoms with van der Waals surface area (Å²) >= 11 is 6.08. The van der Waals surface area contributed by atoms with Gasteiger partial charge in [-0.25, -0.2) is 23.5 Å². The first kappa shape index (κ1) is 25.9. The molecule has 0 aliphatic carbocycles. The maximum Gasteiger partial charge on any atom is 0.410 e. The zero-order chi connectivity index (χ0) is 26.4. The Bertz CT molecular complexity index is 1370. The predicted molar refractivity (Wildman–Crippen MR) is 139 cm³/mol. The molecule has 1 fully saturated rings. The number of carbonyl (C=O) groups is 1. The first-order chi connectivity index (χ1) is 16.9. The third-order valence-electron chi connectivity index (χ3n) is 6.11. The summed E-state index contributed by atoms with van der Waals surface area (Å²) in [7, 11) is 0. The predicted octanol–water partition coefficient (Wildman–Crippen LogP) is 5.14. The number of benzene rings is 1. The lowest BCUT2D eigenvalue weighted by Crippen LogP contribution is -2.55. The van der Waals surface area contributed by atoms with Crippen molar-refractivity contribution in [3.05, 3.63) is 57.3 Å². The third kappa shape index (κ3) is 5.02. The monoisotopic (exact) mass is 515 g/mol. The largest absolute Gasteiger partial charge is 0.444 e. The number of aromatic nitrogens is 3. The van der Waals surface area contributed by atoms with E-state index in [0.29, 0.717) is 36.5 Å². The Balaban J connectivity index is 1.81. The van der Waals surface area contributed by atoms with Crippen LogP contribution >= 0.6 is 11.6 Å². The van der Waals surface area contributed by atoms with Gasteiger partial charge in [0.2, 0.25) is 0 Å². The van der Waals surface area contributed by atoms with Gasteiger partial charge in [-0.3, -0.25) is 0 Å². The Morgan fingerprint density at radius 1 is 1.19 bits per heavy atom. The Kier molecular flexibility index (Phi) is 6.96. The molecule has 1 atom stereocenters. The zero-order valence-electron chi connectivity index (χ0n) is 21.4. The molecule has 192 valence electrons. The van der Waals surface area contributed by atoms with E-state index >= 15 is 0 Å². The van der Waals surface area contributed by atoms with Crippen molar-refractivity contribution in [2.24, 2.45) is 0 Å². The average Bonchev–Trinajstić information content (AvgIpc) is 2.79. The van der Waals surface area contributed by atoms with Gasteiger partial charge in [-0.2, -0.15) is 4.98 Å². The summed E-state index contributed by atoms with van der Waals surface area (Å²) in [5.41, 5.74) is 0.638. The van der Waals surface area contributed by atoms with Crippen LogP contribution in [0.3, 0.4) is 0 Å². The minimum absolute atomic E-state index is 0.125. The number of fused-ring (bicyclic) bond motifs is 1. The van der Waals surface area contributed by atoms with Crippen LogP contribution in [0.25, 0.3) is 16.7 Å². The van der Waals surface area contributed by atoms with Crippen molar-refractivity contribution in [1.29, 1.82) is 0 Å². The number of para-hydroxylation sites is 1. The van der Waals surface area contributed by atoms with Crippen LogP contribution in [0.1, 0.15) is 53.0 Å². The van der Waals surface area contributed by atoms with E-state index in [9.17, 15) is 14.0 Å². The molecular weight excluding hydrogens is 485 g/mol. The number of piperazine rings is 1. The summed E-state index contributed by atoms with van der Waals surface area (Å²) in [5.74, 6) is -0.262. The molecule has 4 rings (SSSR count). The molecule has 36 heavy (non-hydrogen) atoms. The summed E-state index contributed by atoms with van der Waals surface area (Å²) in [6.45, 7) is 12.5. The minimum Gasteiger partial charge on any atom is -0.444 e. The standard InChI is InChI=1S/C26H31ClFN5O3/c1-15(2)17-9-7-8-10-20(17)33-23-18(13-19(28)21(27)29-23)22(30-24(33)34)32-12-11-31(14-16(32)3)25(35)36-26(4,5)6/h7-10,13,15-16H,11-12,14H2,1-6H3. The minimum atomic E-state index is -0.699. The molecule has 0 spiro atoms. The molecule has 1 aliphatic rings. The summed E-state index contributed by atoms with van der Waals surface area (Å²) in [6.07, 6.45) is -0.396. The number of anilines is 1. The normalized spacial score (nSPS) is 16.6. The quantitative estimate of drug-likeness (QED) is 0.449. The van der Waals surface area contributed by atoms with Crippen molar-refractivity contribution in [2.75, 3.05) is 24.5 Å². The Morgan fingerprint density at radius 2 is 1.89 bits per heavy atom. The van der Waals surface area contributed by atoms with E-state index in [1.54, 1.807) is 4.90 Å². The second-order valence-electron chi connectivity index (χ2n) is 10.4. The van der Waals surface area contributed by atoms with Gasteiger partial charge in [-0.05, 0) is 51.3 Å². The first-order valence-corrected chi connectivity index (χ1v) is 12.4. The Labute approximate surface area is 214 Å². The maximum atomic E-state index is 14.7. The molecule has 0 N–H and O–H groups in total. The molecule has 1 unspecified atom stereocenters. The van der Waals surface area contributed by atoms with E-state index in [1.807, 2.05) is 70.7 Å². The SMILES string of the molecule is CC(C)c1ccccc1-n1c(=O)nc(N2CCN(C(=O)OC(C)(C)C)CC2C)c2cc(F)c(Cl)nc21. The van der Waals surface area contributed by atoms with Crippen LogP contribution in [0, 0.1) is 5.82 Å². The Hall–Kier alpha value is -3.20. The second kappa shape index (κ2) is 9.69. The van der Waals surface area contributed by atoms with Crippen LogP contribution in [0.15, 0.2) is 35.1 Å². The van der Waals surface area contributed by atoms with Gasteiger partial charge in [0.15, 0.2) is 16.6 Å². The van der Waals surface area contributed by atoms with Crippen molar-refractivity contribution in [1.82, 2.24) is 19.4 Å². The van der Waals surface area contributed by atoms with Gasteiger partial charge in [0.1, 0.15) is 11.4 Å². The topological polar surface area (TPSA) is 80.6 Å². The van der Waals surface area contributed by atoms with Gasteiger partial charge < -0.3 is 14.5 Å². The lowest BCUT2D eigenvalue weighted by molar-refractivity contribution is 0.0218. The van der Waals surface area contributed by atoms with E-state index in [0.717, 1.165) is 5.56 Å². The molecule has 1 aromatic carbocycles. The molecule has 3 aromatic rings. The van der Waals surface area contributed by atoms with E-state index < -0.39 is 23.2 Å². The van der Waals surface area contributed by atoms with Crippen LogP contribution in [0.4, 0.5) is 15.0 Å². The number of nitrogens with zero attached hydrogens (tertiary/aromatic N) is 5. The maximum absolute atomic E-state index is 14.7. The van der Waals surface area contributed by atoms with E-state index in [2.05, 4.69) is 9.97 Å². The van der Waals surface area contributed by atoms with Crippen molar-refractivity contribution in [2.45, 2.75) is 59.1 Å². The van der Waals surface area contributed by atoms with Crippen LogP contribution in [-0.4, -0.2) is 56.8 Å². The van der Waals surface area contributed by atoms with Crippen molar-refractivity contribution in [3.63, 3.8) is 0 Å². The number of pyridine rings is 1. The van der Waals surface area contributed by atoms with E-state index in [1.165, 1.54) is 10.6 Å². The highest BCUT2D eigenvalue weighted by Gasteiger charge is 2.32. The first-order valence-electron chi connectivity index (χ1n) is 12.0. The van der Waals surface area contributed by atoms with E-state index in [4.69, 9.17) is 16.3 Å². The van der Waals surface area contributed by atoms with Gasteiger partial charge in [0, 0.05) is 25.7 Å². The summed E-state index contributed by atoms with van der Waals surface area (Å²) < 4.78 is 21.6. The van der Waals surface area contributed by atoms with Gasteiger partial charge in [-0.15, -0.1) is 0 Å². The summed E-state index contributed by atoms with van der Waals surface area (Å²) in [6, 6.07) is 8.55. The van der Waals surface area contributed by atoms with Crippen LogP contribution in [0.5, 0.6) is 0 Å². The van der Waals surface area contributed by atoms with Gasteiger partial charge >= 0.3 is 11.8 Å². The number of hydrogen-bond acceptors (Lipinski definition) is 6. The molecule has 10 heteroatoms. The zero-order valence-corrected chi connectivity index (χ0v) is 22.1. The summed E-state index contributed by atoms with van der Waals surface area (Å²) in [4.78, 5) is 38.3. The molecule has 0 bridgehead atoms. The lowest BCUT2D eigenvalue weighted by atomic mass is 10.0. The van der Waals surface area contributed by atoms with Crippen LogP contribution in [-0.2, 0) is 4.74 Å². The molecule has 8 nitrogen and oxygen atoms in total. The average molecular weight is 516 g/mol. The van der Waals surface area contributed by atoms with Crippen molar-refractivity contribution < 1.29 is 13.9 Å². The van der Waals surface area contributed by atoms with Gasteiger partial charge in [0.05, 0.1) is 11.1 Å².